The Morgan fingerprint density at radius 3 is 2.81 bits per heavy atom. The maximum Gasteiger partial charge on any atom is 0.182 e. The van der Waals surface area contributed by atoms with Gasteiger partial charge in [-0.25, -0.2) is 4.39 Å². The molecule has 0 aliphatic carbocycles. The van der Waals surface area contributed by atoms with Crippen LogP contribution in [-0.2, 0) is 4.79 Å². The highest BCUT2D eigenvalue weighted by atomic mass is 19.1. The number of carbonyl (C=O) groups is 1. The van der Waals surface area contributed by atoms with Crippen LogP contribution in [0.5, 0.6) is 5.75 Å². The standard InChI is InChI=1S/C21H21FN2O2/c1-3-13(2)21(25)20-19(14-7-5-4-6-8-14)17-12-26-18-10-9-15(22)11-16(18)24(17)23-20/h4-11,13,17,19H,3,12H2,1-2H3/t13-,17-,19+/m0/s1. The summed E-state index contributed by atoms with van der Waals surface area (Å²) in [5.41, 5.74) is 2.14. The highest BCUT2D eigenvalue weighted by Gasteiger charge is 2.45. The molecule has 2 heterocycles. The second kappa shape index (κ2) is 6.56. The molecule has 0 radical (unpaired) electrons. The molecule has 0 saturated carbocycles. The molecular formula is C21H21FN2O2. The molecule has 5 heteroatoms. The zero-order valence-electron chi connectivity index (χ0n) is 14.9. The van der Waals surface area contributed by atoms with Gasteiger partial charge in [0.1, 0.15) is 29.6 Å². The first kappa shape index (κ1) is 16.8. The lowest BCUT2D eigenvalue weighted by atomic mass is 9.83. The van der Waals surface area contributed by atoms with E-state index in [4.69, 9.17) is 4.74 Å². The summed E-state index contributed by atoms with van der Waals surface area (Å²) in [6, 6.07) is 14.1. The third-order valence-corrected chi connectivity index (χ3v) is 5.26. The number of rotatable bonds is 4. The fourth-order valence-electron chi connectivity index (χ4n) is 3.62. The quantitative estimate of drug-likeness (QED) is 0.830. The van der Waals surface area contributed by atoms with Gasteiger partial charge in [0.15, 0.2) is 5.78 Å². The number of anilines is 1. The number of hydrazone groups is 1. The van der Waals surface area contributed by atoms with Crippen molar-refractivity contribution >= 4 is 17.2 Å². The van der Waals surface area contributed by atoms with E-state index >= 15 is 0 Å². The molecule has 2 aromatic rings. The van der Waals surface area contributed by atoms with E-state index in [1.54, 1.807) is 11.1 Å². The van der Waals surface area contributed by atoms with Crippen LogP contribution in [0.2, 0.25) is 0 Å². The summed E-state index contributed by atoms with van der Waals surface area (Å²) < 4.78 is 19.7. The number of Topliss-reactive ketones (excluding diaryl/α,β-unsaturated/α-hetero) is 1. The van der Waals surface area contributed by atoms with Crippen molar-refractivity contribution in [1.29, 1.82) is 0 Å². The predicted molar refractivity (Wildman–Crippen MR) is 99.2 cm³/mol. The first-order valence-electron chi connectivity index (χ1n) is 8.99. The number of benzene rings is 2. The fraction of sp³-hybridized carbons (Fsp3) is 0.333. The molecule has 2 aliphatic heterocycles. The van der Waals surface area contributed by atoms with Crippen LogP contribution >= 0.6 is 0 Å². The minimum Gasteiger partial charge on any atom is -0.489 e. The maximum absolute atomic E-state index is 13.8. The molecule has 0 unspecified atom stereocenters. The Morgan fingerprint density at radius 1 is 1.31 bits per heavy atom. The van der Waals surface area contributed by atoms with E-state index in [1.165, 1.54) is 12.1 Å². The lowest BCUT2D eigenvalue weighted by Crippen LogP contribution is -2.41. The van der Waals surface area contributed by atoms with Crippen molar-refractivity contribution in [2.75, 3.05) is 11.6 Å². The zero-order chi connectivity index (χ0) is 18.3. The predicted octanol–water partition coefficient (Wildman–Crippen LogP) is 4.16. The van der Waals surface area contributed by atoms with Crippen molar-refractivity contribution in [3.8, 4) is 5.75 Å². The SMILES string of the molecule is CC[C@H](C)C(=O)C1=NN2c3cc(F)ccc3OC[C@H]2[C@H]1c1ccccc1. The Balaban J connectivity index is 1.82. The number of ether oxygens (including phenoxy) is 1. The number of hydrogen-bond acceptors (Lipinski definition) is 4. The van der Waals surface area contributed by atoms with E-state index in [1.807, 2.05) is 44.2 Å². The van der Waals surface area contributed by atoms with Gasteiger partial charge in [-0.2, -0.15) is 5.10 Å². The van der Waals surface area contributed by atoms with Gasteiger partial charge >= 0.3 is 0 Å². The Kier molecular flexibility index (Phi) is 4.23. The van der Waals surface area contributed by atoms with E-state index in [2.05, 4.69) is 5.10 Å². The third-order valence-electron chi connectivity index (χ3n) is 5.26. The monoisotopic (exact) mass is 352 g/mol. The molecule has 0 aromatic heterocycles. The molecule has 2 aliphatic rings. The summed E-state index contributed by atoms with van der Waals surface area (Å²) in [5, 5.41) is 6.45. The average Bonchev–Trinajstić information content (AvgIpc) is 3.07. The average molecular weight is 352 g/mol. The second-order valence-corrected chi connectivity index (χ2v) is 6.88. The molecular weight excluding hydrogens is 331 g/mol. The number of hydrogen-bond donors (Lipinski definition) is 0. The molecule has 4 rings (SSSR count). The van der Waals surface area contributed by atoms with Crippen molar-refractivity contribution in [2.24, 2.45) is 11.0 Å². The summed E-state index contributed by atoms with van der Waals surface area (Å²) >= 11 is 0. The first-order valence-corrected chi connectivity index (χ1v) is 8.99. The van der Waals surface area contributed by atoms with E-state index in [0.717, 1.165) is 12.0 Å². The Morgan fingerprint density at radius 2 is 2.08 bits per heavy atom. The van der Waals surface area contributed by atoms with Crippen LogP contribution in [0, 0.1) is 11.7 Å². The fourth-order valence-corrected chi connectivity index (χ4v) is 3.62. The Bertz CT molecular complexity index is 866. The van der Waals surface area contributed by atoms with E-state index in [9.17, 15) is 9.18 Å². The van der Waals surface area contributed by atoms with Gasteiger partial charge in [-0.3, -0.25) is 9.80 Å². The van der Waals surface area contributed by atoms with Crippen LogP contribution in [0.4, 0.5) is 10.1 Å². The lowest BCUT2D eigenvalue weighted by molar-refractivity contribution is -0.116. The number of halogens is 1. The summed E-state index contributed by atoms with van der Waals surface area (Å²) in [6.07, 6.45) is 0.756. The van der Waals surface area contributed by atoms with Gasteiger partial charge in [0, 0.05) is 12.0 Å². The van der Waals surface area contributed by atoms with Crippen LogP contribution in [0.1, 0.15) is 31.7 Å². The minimum absolute atomic E-state index is 0.0497. The number of ketones is 1. The molecule has 0 amide bonds. The van der Waals surface area contributed by atoms with Crippen molar-refractivity contribution in [3.05, 3.63) is 59.9 Å². The molecule has 0 bridgehead atoms. The number of nitrogens with zero attached hydrogens (tertiary/aromatic N) is 2. The molecule has 134 valence electrons. The molecule has 0 spiro atoms. The Labute approximate surface area is 152 Å². The van der Waals surface area contributed by atoms with Crippen molar-refractivity contribution in [3.63, 3.8) is 0 Å². The van der Waals surface area contributed by atoms with Gasteiger partial charge < -0.3 is 4.74 Å². The van der Waals surface area contributed by atoms with Crippen LogP contribution in [-0.4, -0.2) is 24.1 Å². The van der Waals surface area contributed by atoms with Crippen LogP contribution in [0.25, 0.3) is 0 Å². The van der Waals surface area contributed by atoms with Gasteiger partial charge in [-0.1, -0.05) is 44.2 Å². The smallest absolute Gasteiger partial charge is 0.182 e. The highest BCUT2D eigenvalue weighted by molar-refractivity contribution is 6.43. The molecule has 4 nitrogen and oxygen atoms in total. The van der Waals surface area contributed by atoms with Crippen molar-refractivity contribution in [1.82, 2.24) is 0 Å². The summed E-state index contributed by atoms with van der Waals surface area (Å²) in [5.74, 6) is 0.00801. The first-order chi connectivity index (χ1) is 12.6. The van der Waals surface area contributed by atoms with Crippen molar-refractivity contribution in [2.45, 2.75) is 32.2 Å². The molecule has 26 heavy (non-hydrogen) atoms. The lowest BCUT2D eigenvalue weighted by Gasteiger charge is -2.33. The Hall–Kier alpha value is -2.69. The van der Waals surface area contributed by atoms with E-state index in [-0.39, 0.29) is 29.5 Å². The zero-order valence-corrected chi connectivity index (χ0v) is 14.9. The molecule has 2 aromatic carbocycles. The van der Waals surface area contributed by atoms with Crippen LogP contribution in [0.15, 0.2) is 53.6 Å². The second-order valence-electron chi connectivity index (χ2n) is 6.88. The minimum atomic E-state index is -0.346. The third kappa shape index (κ3) is 2.68. The number of fused-ring (bicyclic) bond motifs is 3. The van der Waals surface area contributed by atoms with Gasteiger partial charge in [0.05, 0.1) is 12.0 Å². The molecule has 0 N–H and O–H groups in total. The summed E-state index contributed by atoms with van der Waals surface area (Å²) in [6.45, 7) is 4.32. The van der Waals surface area contributed by atoms with Gasteiger partial charge in [-0.15, -0.1) is 0 Å². The number of carbonyl (C=O) groups excluding carboxylic acids is 1. The topological polar surface area (TPSA) is 41.9 Å². The molecule has 0 fully saturated rings. The maximum atomic E-state index is 13.8. The largest absolute Gasteiger partial charge is 0.489 e. The van der Waals surface area contributed by atoms with Gasteiger partial charge in [0.25, 0.3) is 0 Å². The van der Waals surface area contributed by atoms with E-state index < -0.39 is 0 Å². The van der Waals surface area contributed by atoms with E-state index in [0.29, 0.717) is 23.8 Å². The highest BCUT2D eigenvalue weighted by Crippen LogP contribution is 2.43. The molecule has 3 atom stereocenters. The van der Waals surface area contributed by atoms with Crippen LogP contribution < -0.4 is 9.75 Å². The van der Waals surface area contributed by atoms with Gasteiger partial charge in [0.2, 0.25) is 0 Å². The molecule has 0 saturated heterocycles. The normalized spacial score (nSPS) is 22.1. The summed E-state index contributed by atoms with van der Waals surface area (Å²) in [7, 11) is 0. The van der Waals surface area contributed by atoms with Gasteiger partial charge in [-0.05, 0) is 24.1 Å². The van der Waals surface area contributed by atoms with Crippen molar-refractivity contribution < 1.29 is 13.9 Å². The summed E-state index contributed by atoms with van der Waals surface area (Å²) in [4.78, 5) is 13.0. The van der Waals surface area contributed by atoms with Crippen LogP contribution in [0.3, 0.4) is 0 Å².